The average Bonchev–Trinajstić information content (AvgIpc) is 3.18. The number of pyridine rings is 1. The first kappa shape index (κ1) is 20.1. The number of fused-ring (bicyclic) bond motifs is 1. The van der Waals surface area contributed by atoms with E-state index in [0.717, 1.165) is 32.4 Å². The van der Waals surface area contributed by atoms with Crippen LogP contribution in [0.15, 0.2) is 42.6 Å². The molecule has 0 radical (unpaired) electrons. The molecule has 2 aliphatic carbocycles. The second kappa shape index (κ2) is 8.04. The molecule has 0 bridgehead atoms. The van der Waals surface area contributed by atoms with Crippen molar-refractivity contribution in [3.63, 3.8) is 0 Å². The fourth-order valence-corrected chi connectivity index (χ4v) is 5.17. The van der Waals surface area contributed by atoms with Gasteiger partial charge in [0, 0.05) is 42.9 Å². The van der Waals surface area contributed by atoms with E-state index in [2.05, 4.69) is 10.3 Å². The molecule has 3 fully saturated rings. The summed E-state index contributed by atoms with van der Waals surface area (Å²) >= 11 is 0. The molecule has 5 rings (SSSR count). The molecule has 1 aromatic heterocycles. The van der Waals surface area contributed by atoms with E-state index >= 15 is 0 Å². The van der Waals surface area contributed by atoms with Crippen LogP contribution in [0.2, 0.25) is 0 Å². The lowest BCUT2D eigenvalue weighted by Crippen LogP contribution is -2.44. The van der Waals surface area contributed by atoms with Gasteiger partial charge in [0.1, 0.15) is 5.82 Å². The number of benzene rings is 1. The van der Waals surface area contributed by atoms with Gasteiger partial charge in [-0.05, 0) is 55.4 Å². The third kappa shape index (κ3) is 4.06. The Bertz CT molecular complexity index is 983. The Morgan fingerprint density at radius 1 is 1.13 bits per heavy atom. The van der Waals surface area contributed by atoms with Gasteiger partial charge in [0.2, 0.25) is 5.91 Å². The van der Waals surface area contributed by atoms with E-state index in [9.17, 15) is 14.0 Å². The van der Waals surface area contributed by atoms with Crippen molar-refractivity contribution in [3.8, 4) is 11.3 Å². The Hall–Kier alpha value is -2.80. The van der Waals surface area contributed by atoms with Crippen molar-refractivity contribution >= 4 is 11.8 Å². The molecule has 3 aliphatic rings. The lowest BCUT2D eigenvalue weighted by molar-refractivity contribution is -0.136. The molecule has 2 amide bonds. The smallest absolute Gasteiger partial charge is 0.253 e. The molecule has 6 nitrogen and oxygen atoms in total. The van der Waals surface area contributed by atoms with Crippen LogP contribution < -0.4 is 11.1 Å². The van der Waals surface area contributed by atoms with Gasteiger partial charge in [0.25, 0.3) is 5.91 Å². The highest BCUT2D eigenvalue weighted by Crippen LogP contribution is 2.44. The first-order valence-corrected chi connectivity index (χ1v) is 11.1. The molecule has 31 heavy (non-hydrogen) atoms. The van der Waals surface area contributed by atoms with Crippen molar-refractivity contribution in [2.75, 3.05) is 13.1 Å². The zero-order valence-corrected chi connectivity index (χ0v) is 17.3. The zero-order chi connectivity index (χ0) is 21.5. The van der Waals surface area contributed by atoms with Crippen molar-refractivity contribution < 1.29 is 14.0 Å². The predicted molar refractivity (Wildman–Crippen MR) is 114 cm³/mol. The van der Waals surface area contributed by atoms with Crippen LogP contribution in [-0.4, -0.2) is 46.9 Å². The third-order valence-corrected chi connectivity index (χ3v) is 7.08. The second-order valence-corrected chi connectivity index (χ2v) is 9.12. The SMILES string of the molecule is NC1[C@H]2CN(C(=O)[C@@H]3CCC[C@H](NC(=O)c4ccc(-c5cccc(F)c5)nc4)C3)C[C@@H]12. The van der Waals surface area contributed by atoms with Gasteiger partial charge in [0.15, 0.2) is 0 Å². The number of carbonyl (C=O) groups excluding carboxylic acids is 2. The lowest BCUT2D eigenvalue weighted by Gasteiger charge is -2.32. The molecule has 7 heteroatoms. The molecule has 1 saturated heterocycles. The van der Waals surface area contributed by atoms with Gasteiger partial charge in [0.05, 0.1) is 11.3 Å². The maximum atomic E-state index is 13.4. The Balaban J connectivity index is 1.18. The standard InChI is InChI=1S/C24H27FN4O2/c25-17-5-1-3-14(9-17)21-8-7-16(11-27-21)23(30)28-18-6-2-4-15(10-18)24(31)29-12-19-20(13-29)22(19)26/h1,3,5,7-9,11,15,18-20,22H,2,4,6,10,12-13,26H2,(H,28,30)/t15-,18+,19-,20+,22?/m1/s1. The molecule has 162 valence electrons. The monoisotopic (exact) mass is 422 g/mol. The number of nitrogens with two attached hydrogens (primary N) is 1. The number of aromatic nitrogens is 1. The average molecular weight is 423 g/mol. The topological polar surface area (TPSA) is 88.3 Å². The molecule has 0 spiro atoms. The van der Waals surface area contributed by atoms with Gasteiger partial charge >= 0.3 is 0 Å². The quantitative estimate of drug-likeness (QED) is 0.793. The van der Waals surface area contributed by atoms with Crippen molar-refractivity contribution in [1.29, 1.82) is 0 Å². The number of nitrogens with zero attached hydrogens (tertiary/aromatic N) is 2. The van der Waals surface area contributed by atoms with Crippen LogP contribution in [0, 0.1) is 23.6 Å². The number of hydrogen-bond acceptors (Lipinski definition) is 4. The Morgan fingerprint density at radius 2 is 1.94 bits per heavy atom. The van der Waals surface area contributed by atoms with Crippen molar-refractivity contribution in [2.24, 2.45) is 23.5 Å². The summed E-state index contributed by atoms with van der Waals surface area (Å²) in [5.41, 5.74) is 7.73. The summed E-state index contributed by atoms with van der Waals surface area (Å²) in [4.78, 5) is 31.9. The molecular formula is C24H27FN4O2. The number of hydrogen-bond donors (Lipinski definition) is 2. The molecule has 2 saturated carbocycles. The minimum absolute atomic E-state index is 0.0162. The van der Waals surface area contributed by atoms with E-state index in [4.69, 9.17) is 5.73 Å². The van der Waals surface area contributed by atoms with Crippen molar-refractivity contribution in [2.45, 2.75) is 37.8 Å². The molecule has 3 N–H and O–H groups in total. The van der Waals surface area contributed by atoms with Crippen LogP contribution in [0.25, 0.3) is 11.3 Å². The van der Waals surface area contributed by atoms with Crippen LogP contribution in [-0.2, 0) is 4.79 Å². The van der Waals surface area contributed by atoms with E-state index in [1.807, 2.05) is 4.90 Å². The summed E-state index contributed by atoms with van der Waals surface area (Å²) < 4.78 is 13.4. The number of likely N-dealkylation sites (tertiary alicyclic amines) is 1. The molecule has 1 unspecified atom stereocenters. The molecule has 2 aromatic rings. The maximum Gasteiger partial charge on any atom is 0.253 e. The van der Waals surface area contributed by atoms with Crippen LogP contribution in [0.1, 0.15) is 36.0 Å². The molecule has 2 heterocycles. The van der Waals surface area contributed by atoms with Crippen LogP contribution >= 0.6 is 0 Å². The summed E-state index contributed by atoms with van der Waals surface area (Å²) in [6.45, 7) is 1.59. The summed E-state index contributed by atoms with van der Waals surface area (Å²) in [5.74, 6) is 0.665. The molecule has 5 atom stereocenters. The van der Waals surface area contributed by atoms with Gasteiger partial charge in [-0.3, -0.25) is 14.6 Å². The number of carbonyl (C=O) groups is 2. The van der Waals surface area contributed by atoms with Gasteiger partial charge < -0.3 is 16.0 Å². The number of nitrogens with one attached hydrogen (secondary N) is 1. The van der Waals surface area contributed by atoms with Crippen molar-refractivity contribution in [1.82, 2.24) is 15.2 Å². The highest BCUT2D eigenvalue weighted by Gasteiger charge is 2.55. The van der Waals surface area contributed by atoms with Gasteiger partial charge in [-0.2, -0.15) is 0 Å². The second-order valence-electron chi connectivity index (χ2n) is 9.12. The van der Waals surface area contributed by atoms with E-state index in [1.165, 1.54) is 18.3 Å². The van der Waals surface area contributed by atoms with E-state index in [-0.39, 0.29) is 35.6 Å². The lowest BCUT2D eigenvalue weighted by atomic mass is 9.84. The predicted octanol–water partition coefficient (Wildman–Crippen LogP) is 2.59. The van der Waals surface area contributed by atoms with E-state index in [0.29, 0.717) is 35.1 Å². The van der Waals surface area contributed by atoms with Crippen molar-refractivity contribution in [3.05, 3.63) is 54.0 Å². The van der Waals surface area contributed by atoms with Crippen LogP contribution in [0.4, 0.5) is 4.39 Å². The normalized spacial score (nSPS) is 29.4. The number of halogens is 1. The summed E-state index contributed by atoms with van der Waals surface area (Å²) in [5, 5.41) is 3.07. The minimum Gasteiger partial charge on any atom is -0.349 e. The summed E-state index contributed by atoms with van der Waals surface area (Å²) in [7, 11) is 0. The Kier molecular flexibility index (Phi) is 5.22. The van der Waals surface area contributed by atoms with E-state index in [1.54, 1.807) is 24.3 Å². The van der Waals surface area contributed by atoms with Gasteiger partial charge in [-0.1, -0.05) is 18.6 Å². The van der Waals surface area contributed by atoms with E-state index < -0.39 is 0 Å². The fraction of sp³-hybridized carbons (Fsp3) is 0.458. The fourth-order valence-electron chi connectivity index (χ4n) is 5.17. The Morgan fingerprint density at radius 3 is 2.65 bits per heavy atom. The number of rotatable bonds is 4. The maximum absolute atomic E-state index is 13.4. The third-order valence-electron chi connectivity index (χ3n) is 7.08. The van der Waals surface area contributed by atoms with Gasteiger partial charge in [-0.15, -0.1) is 0 Å². The van der Waals surface area contributed by atoms with Crippen LogP contribution in [0.3, 0.4) is 0 Å². The van der Waals surface area contributed by atoms with Gasteiger partial charge in [-0.25, -0.2) is 4.39 Å². The zero-order valence-electron chi connectivity index (χ0n) is 17.3. The largest absolute Gasteiger partial charge is 0.349 e. The summed E-state index contributed by atoms with van der Waals surface area (Å²) in [6, 6.07) is 9.90. The first-order chi connectivity index (χ1) is 15.0. The molecule has 1 aliphatic heterocycles. The number of amides is 2. The van der Waals surface area contributed by atoms with Crippen LogP contribution in [0.5, 0.6) is 0 Å². The minimum atomic E-state index is -0.323. The number of piperidine rings is 1. The molecule has 1 aromatic carbocycles. The Labute approximate surface area is 181 Å². The first-order valence-electron chi connectivity index (χ1n) is 11.1. The summed E-state index contributed by atoms with van der Waals surface area (Å²) in [6.07, 6.45) is 4.88. The highest BCUT2D eigenvalue weighted by atomic mass is 19.1. The highest BCUT2D eigenvalue weighted by molar-refractivity contribution is 5.94. The molecular weight excluding hydrogens is 395 g/mol.